The third-order valence-electron chi connectivity index (χ3n) is 1.85. The molecular weight excluding hydrogens is 246 g/mol. The van der Waals surface area contributed by atoms with E-state index in [-0.39, 0.29) is 0 Å². The van der Waals surface area contributed by atoms with Gasteiger partial charge in [-0.2, -0.15) is 12.6 Å². The molecule has 0 aromatic heterocycles. The Balaban J connectivity index is 2.49. The summed E-state index contributed by atoms with van der Waals surface area (Å²) in [5, 5.41) is 0. The van der Waals surface area contributed by atoms with Crippen molar-refractivity contribution in [1.82, 2.24) is 4.90 Å². The molecule has 72 valence electrons. The summed E-state index contributed by atoms with van der Waals surface area (Å²) < 4.78 is 1.13. The molecule has 3 heteroatoms. The molecule has 0 aliphatic rings. The normalized spacial score (nSPS) is 10.8. The zero-order valence-electron chi connectivity index (χ0n) is 7.70. The molecule has 0 radical (unpaired) electrons. The fourth-order valence-corrected chi connectivity index (χ4v) is 1.76. The van der Waals surface area contributed by atoms with E-state index in [4.69, 9.17) is 0 Å². The van der Waals surface area contributed by atoms with Gasteiger partial charge in [0.25, 0.3) is 0 Å². The Morgan fingerprint density at radius 3 is 2.46 bits per heavy atom. The van der Waals surface area contributed by atoms with Gasteiger partial charge in [0.2, 0.25) is 0 Å². The minimum Gasteiger partial charge on any atom is -0.301 e. The number of hydrogen-bond acceptors (Lipinski definition) is 2. The van der Waals surface area contributed by atoms with Crippen molar-refractivity contribution in [3.63, 3.8) is 0 Å². The van der Waals surface area contributed by atoms with Gasteiger partial charge in [0.1, 0.15) is 0 Å². The topological polar surface area (TPSA) is 3.24 Å². The lowest BCUT2D eigenvalue weighted by molar-refractivity contribution is 0.349. The van der Waals surface area contributed by atoms with Gasteiger partial charge < -0.3 is 4.90 Å². The van der Waals surface area contributed by atoms with E-state index in [1.807, 2.05) is 0 Å². The molecule has 0 atom stereocenters. The fraction of sp³-hybridized carbons (Fsp3) is 0.400. The first-order valence-electron chi connectivity index (χ1n) is 4.26. The predicted octanol–water partition coefficient (Wildman–Crippen LogP) is 2.81. The molecule has 0 fully saturated rings. The van der Waals surface area contributed by atoms with Gasteiger partial charge in [-0.05, 0) is 24.7 Å². The van der Waals surface area contributed by atoms with Crippen LogP contribution in [-0.2, 0) is 6.54 Å². The molecule has 1 aromatic rings. The number of rotatable bonds is 4. The second-order valence-corrected chi connectivity index (χ2v) is 4.45. The SMILES string of the molecule is CN(CCS)Cc1ccc(Br)cc1. The van der Waals surface area contributed by atoms with Crippen LogP contribution in [0.5, 0.6) is 0 Å². The van der Waals surface area contributed by atoms with Crippen LogP contribution in [0, 0.1) is 0 Å². The van der Waals surface area contributed by atoms with E-state index in [0.717, 1.165) is 23.3 Å². The summed E-state index contributed by atoms with van der Waals surface area (Å²) in [5.41, 5.74) is 1.34. The summed E-state index contributed by atoms with van der Waals surface area (Å²) in [4.78, 5) is 2.26. The molecule has 0 bridgehead atoms. The van der Waals surface area contributed by atoms with E-state index in [2.05, 4.69) is 64.8 Å². The second kappa shape index (κ2) is 5.68. The van der Waals surface area contributed by atoms with Gasteiger partial charge in [-0.1, -0.05) is 28.1 Å². The Labute approximate surface area is 93.7 Å². The molecule has 0 amide bonds. The van der Waals surface area contributed by atoms with Crippen LogP contribution in [0.4, 0.5) is 0 Å². The van der Waals surface area contributed by atoms with E-state index in [1.54, 1.807) is 0 Å². The summed E-state index contributed by atoms with van der Waals surface area (Å²) in [5.74, 6) is 0.910. The van der Waals surface area contributed by atoms with Gasteiger partial charge in [0.15, 0.2) is 0 Å². The van der Waals surface area contributed by atoms with Crippen LogP contribution < -0.4 is 0 Å². The standard InChI is InChI=1S/C10H14BrNS/c1-12(6-7-13)8-9-2-4-10(11)5-3-9/h2-5,13H,6-8H2,1H3. The summed E-state index contributed by atoms with van der Waals surface area (Å²) in [6.07, 6.45) is 0. The van der Waals surface area contributed by atoms with Crippen molar-refractivity contribution in [2.45, 2.75) is 6.54 Å². The molecule has 1 nitrogen and oxygen atoms in total. The number of nitrogens with zero attached hydrogens (tertiary/aromatic N) is 1. The fourth-order valence-electron chi connectivity index (χ4n) is 1.15. The Morgan fingerprint density at radius 1 is 1.31 bits per heavy atom. The average Bonchev–Trinajstić information content (AvgIpc) is 2.09. The molecule has 0 unspecified atom stereocenters. The Kier molecular flexibility index (Phi) is 4.84. The largest absolute Gasteiger partial charge is 0.301 e. The number of thiol groups is 1. The van der Waals surface area contributed by atoms with Crippen molar-refractivity contribution >= 4 is 28.6 Å². The molecular formula is C10H14BrNS. The lowest BCUT2D eigenvalue weighted by atomic mass is 10.2. The molecule has 0 aliphatic heterocycles. The number of benzene rings is 1. The van der Waals surface area contributed by atoms with E-state index in [0.29, 0.717) is 0 Å². The molecule has 0 saturated heterocycles. The van der Waals surface area contributed by atoms with Crippen molar-refractivity contribution in [2.24, 2.45) is 0 Å². The van der Waals surface area contributed by atoms with Crippen LogP contribution in [0.15, 0.2) is 28.7 Å². The van der Waals surface area contributed by atoms with E-state index >= 15 is 0 Å². The van der Waals surface area contributed by atoms with Gasteiger partial charge in [0.05, 0.1) is 0 Å². The molecule has 0 aliphatic carbocycles. The minimum atomic E-state index is 0.910. The third-order valence-corrected chi connectivity index (χ3v) is 2.58. The van der Waals surface area contributed by atoms with Crippen molar-refractivity contribution < 1.29 is 0 Å². The van der Waals surface area contributed by atoms with Gasteiger partial charge in [0, 0.05) is 23.3 Å². The molecule has 1 rings (SSSR count). The lowest BCUT2D eigenvalue weighted by Crippen LogP contribution is -2.19. The zero-order valence-corrected chi connectivity index (χ0v) is 10.2. The Morgan fingerprint density at radius 2 is 1.92 bits per heavy atom. The maximum atomic E-state index is 4.19. The molecule has 0 saturated carbocycles. The Bertz CT molecular complexity index is 248. The van der Waals surface area contributed by atoms with Gasteiger partial charge in [-0.25, -0.2) is 0 Å². The highest BCUT2D eigenvalue weighted by atomic mass is 79.9. The van der Waals surface area contributed by atoms with Crippen molar-refractivity contribution in [3.8, 4) is 0 Å². The van der Waals surface area contributed by atoms with Crippen molar-refractivity contribution in [1.29, 1.82) is 0 Å². The third kappa shape index (κ3) is 4.16. The van der Waals surface area contributed by atoms with Crippen LogP contribution in [0.1, 0.15) is 5.56 Å². The summed E-state index contributed by atoms with van der Waals surface area (Å²) in [7, 11) is 2.11. The van der Waals surface area contributed by atoms with Gasteiger partial charge in [-0.3, -0.25) is 0 Å². The average molecular weight is 260 g/mol. The maximum Gasteiger partial charge on any atom is 0.0231 e. The van der Waals surface area contributed by atoms with Crippen molar-refractivity contribution in [3.05, 3.63) is 34.3 Å². The highest BCUT2D eigenvalue weighted by molar-refractivity contribution is 9.10. The quantitative estimate of drug-likeness (QED) is 0.815. The highest BCUT2D eigenvalue weighted by Crippen LogP contribution is 2.11. The molecule has 0 N–H and O–H groups in total. The minimum absolute atomic E-state index is 0.910. The van der Waals surface area contributed by atoms with Crippen LogP contribution in [-0.4, -0.2) is 24.2 Å². The molecule has 0 spiro atoms. The summed E-state index contributed by atoms with van der Waals surface area (Å²) in [6, 6.07) is 8.42. The van der Waals surface area contributed by atoms with E-state index in [9.17, 15) is 0 Å². The monoisotopic (exact) mass is 259 g/mol. The molecule has 1 aromatic carbocycles. The summed E-state index contributed by atoms with van der Waals surface area (Å²) >= 11 is 7.61. The smallest absolute Gasteiger partial charge is 0.0231 e. The lowest BCUT2D eigenvalue weighted by Gasteiger charge is -2.14. The van der Waals surface area contributed by atoms with Crippen LogP contribution >= 0.6 is 28.6 Å². The van der Waals surface area contributed by atoms with E-state index < -0.39 is 0 Å². The first-order valence-corrected chi connectivity index (χ1v) is 5.69. The maximum absolute atomic E-state index is 4.19. The van der Waals surface area contributed by atoms with E-state index in [1.165, 1.54) is 5.56 Å². The first kappa shape index (κ1) is 11.1. The highest BCUT2D eigenvalue weighted by Gasteiger charge is 1.98. The molecule has 0 heterocycles. The van der Waals surface area contributed by atoms with Crippen LogP contribution in [0.25, 0.3) is 0 Å². The summed E-state index contributed by atoms with van der Waals surface area (Å²) in [6.45, 7) is 2.02. The van der Waals surface area contributed by atoms with Gasteiger partial charge >= 0.3 is 0 Å². The van der Waals surface area contributed by atoms with Crippen molar-refractivity contribution in [2.75, 3.05) is 19.3 Å². The molecule has 13 heavy (non-hydrogen) atoms. The zero-order chi connectivity index (χ0) is 9.68. The van der Waals surface area contributed by atoms with Gasteiger partial charge in [-0.15, -0.1) is 0 Å². The van der Waals surface area contributed by atoms with Crippen LogP contribution in [0.2, 0.25) is 0 Å². The van der Waals surface area contributed by atoms with Crippen LogP contribution in [0.3, 0.4) is 0 Å². The predicted molar refractivity (Wildman–Crippen MR) is 64.3 cm³/mol. The Hall–Kier alpha value is 0.01000. The number of hydrogen-bond donors (Lipinski definition) is 1. The second-order valence-electron chi connectivity index (χ2n) is 3.09. The first-order chi connectivity index (χ1) is 6.22. The number of halogens is 1.